The van der Waals surface area contributed by atoms with Gasteiger partial charge in [0.15, 0.2) is 5.76 Å². The molecular formula is C18H18N4O4. The quantitative estimate of drug-likeness (QED) is 0.711. The molecule has 2 aromatic heterocycles. The van der Waals surface area contributed by atoms with Gasteiger partial charge in [-0.3, -0.25) is 4.79 Å². The molecule has 26 heavy (non-hydrogen) atoms. The van der Waals surface area contributed by atoms with E-state index in [0.29, 0.717) is 43.8 Å². The van der Waals surface area contributed by atoms with Gasteiger partial charge in [-0.15, -0.1) is 0 Å². The van der Waals surface area contributed by atoms with Crippen LogP contribution in [-0.2, 0) is 0 Å². The van der Waals surface area contributed by atoms with E-state index in [0.717, 1.165) is 11.3 Å². The van der Waals surface area contributed by atoms with Crippen molar-refractivity contribution >= 4 is 11.9 Å². The number of benzene rings is 1. The zero-order valence-electron chi connectivity index (χ0n) is 14.3. The van der Waals surface area contributed by atoms with E-state index in [2.05, 4.69) is 10.1 Å². The first-order valence-corrected chi connectivity index (χ1v) is 8.30. The molecule has 3 aromatic rings. The number of ether oxygens (including phenoxy) is 1. The van der Waals surface area contributed by atoms with E-state index in [1.54, 1.807) is 24.1 Å². The van der Waals surface area contributed by atoms with Crippen LogP contribution in [-0.4, -0.2) is 54.2 Å². The Kier molecular flexibility index (Phi) is 4.30. The summed E-state index contributed by atoms with van der Waals surface area (Å²) in [7, 11) is 1.62. The maximum atomic E-state index is 12.3. The lowest BCUT2D eigenvalue weighted by Gasteiger charge is -2.32. The van der Waals surface area contributed by atoms with Crippen LogP contribution < -0.4 is 9.64 Å². The minimum atomic E-state index is -0.0981. The van der Waals surface area contributed by atoms with Gasteiger partial charge in [0.05, 0.1) is 13.4 Å². The first-order chi connectivity index (χ1) is 12.7. The summed E-state index contributed by atoms with van der Waals surface area (Å²) in [6.45, 7) is 2.38. The second kappa shape index (κ2) is 6.91. The fourth-order valence-corrected chi connectivity index (χ4v) is 2.86. The van der Waals surface area contributed by atoms with Crippen LogP contribution in [0.25, 0.3) is 11.4 Å². The molecule has 1 fully saturated rings. The third-order valence-electron chi connectivity index (χ3n) is 4.33. The molecule has 0 aliphatic carbocycles. The van der Waals surface area contributed by atoms with Crippen LogP contribution in [0, 0.1) is 0 Å². The van der Waals surface area contributed by atoms with Gasteiger partial charge in [-0.1, -0.05) is 5.16 Å². The normalized spacial score (nSPS) is 14.5. The molecule has 0 saturated carbocycles. The molecule has 0 atom stereocenters. The van der Waals surface area contributed by atoms with Crippen LogP contribution in [0.5, 0.6) is 5.75 Å². The van der Waals surface area contributed by atoms with Crippen molar-refractivity contribution in [1.82, 2.24) is 15.0 Å². The van der Waals surface area contributed by atoms with Crippen molar-refractivity contribution in [2.75, 3.05) is 38.2 Å². The summed E-state index contributed by atoms with van der Waals surface area (Å²) >= 11 is 0. The van der Waals surface area contributed by atoms with E-state index in [-0.39, 0.29) is 5.91 Å². The Labute approximate surface area is 150 Å². The average Bonchev–Trinajstić information content (AvgIpc) is 3.40. The molecule has 1 aromatic carbocycles. The standard InChI is InChI=1S/C18H18N4O4/c1-24-14-6-4-13(5-7-14)16-19-18(26-20-16)22-10-8-21(9-11-22)17(23)15-3-2-12-25-15/h2-7,12H,8-11H2,1H3. The van der Waals surface area contributed by atoms with Crippen molar-refractivity contribution in [3.05, 3.63) is 48.4 Å². The number of aromatic nitrogens is 2. The lowest BCUT2D eigenvalue weighted by molar-refractivity contribution is 0.0712. The van der Waals surface area contributed by atoms with Crippen molar-refractivity contribution in [1.29, 1.82) is 0 Å². The maximum absolute atomic E-state index is 12.3. The molecule has 134 valence electrons. The number of carbonyl (C=O) groups excluding carboxylic acids is 1. The number of methoxy groups -OCH3 is 1. The number of carbonyl (C=O) groups is 1. The number of amides is 1. The number of piperazine rings is 1. The molecule has 1 saturated heterocycles. The van der Waals surface area contributed by atoms with Crippen molar-refractivity contribution in [2.24, 2.45) is 0 Å². The van der Waals surface area contributed by atoms with E-state index < -0.39 is 0 Å². The molecular weight excluding hydrogens is 336 g/mol. The summed E-state index contributed by atoms with van der Waals surface area (Å²) in [4.78, 5) is 20.5. The molecule has 1 aliphatic heterocycles. The van der Waals surface area contributed by atoms with Gasteiger partial charge in [-0.05, 0) is 36.4 Å². The van der Waals surface area contributed by atoms with Crippen LogP contribution in [0.15, 0.2) is 51.6 Å². The Morgan fingerprint density at radius 3 is 2.54 bits per heavy atom. The fraction of sp³-hybridized carbons (Fsp3) is 0.278. The predicted octanol–water partition coefficient (Wildman–Crippen LogP) is 2.30. The largest absolute Gasteiger partial charge is 0.497 e. The predicted molar refractivity (Wildman–Crippen MR) is 93.1 cm³/mol. The molecule has 0 bridgehead atoms. The first kappa shape index (κ1) is 16.2. The van der Waals surface area contributed by atoms with Crippen molar-refractivity contribution < 1.29 is 18.5 Å². The summed E-state index contributed by atoms with van der Waals surface area (Å²) in [5, 5.41) is 4.05. The monoisotopic (exact) mass is 354 g/mol. The smallest absolute Gasteiger partial charge is 0.324 e. The molecule has 1 amide bonds. The SMILES string of the molecule is COc1ccc(-c2noc(N3CCN(C(=O)c4ccco4)CC3)n2)cc1. The third kappa shape index (κ3) is 3.13. The molecule has 0 spiro atoms. The molecule has 8 heteroatoms. The zero-order chi connectivity index (χ0) is 17.9. The lowest BCUT2D eigenvalue weighted by atomic mass is 10.2. The van der Waals surface area contributed by atoms with Gasteiger partial charge in [-0.25, -0.2) is 0 Å². The molecule has 0 unspecified atom stereocenters. The Balaban J connectivity index is 1.40. The van der Waals surface area contributed by atoms with Gasteiger partial charge in [0.1, 0.15) is 5.75 Å². The highest BCUT2D eigenvalue weighted by molar-refractivity contribution is 5.91. The van der Waals surface area contributed by atoms with Gasteiger partial charge in [0.25, 0.3) is 5.91 Å². The third-order valence-corrected chi connectivity index (χ3v) is 4.33. The minimum absolute atomic E-state index is 0.0981. The topological polar surface area (TPSA) is 84.8 Å². The minimum Gasteiger partial charge on any atom is -0.497 e. The van der Waals surface area contributed by atoms with Crippen LogP contribution in [0.1, 0.15) is 10.6 Å². The van der Waals surface area contributed by atoms with Crippen LogP contribution in [0.4, 0.5) is 6.01 Å². The maximum Gasteiger partial charge on any atom is 0.324 e. The number of rotatable bonds is 4. The molecule has 0 radical (unpaired) electrons. The molecule has 3 heterocycles. The fourth-order valence-electron chi connectivity index (χ4n) is 2.86. The van der Waals surface area contributed by atoms with Gasteiger partial charge in [0, 0.05) is 31.7 Å². The van der Waals surface area contributed by atoms with Gasteiger partial charge in [0.2, 0.25) is 5.82 Å². The average molecular weight is 354 g/mol. The summed E-state index contributed by atoms with van der Waals surface area (Å²) < 4.78 is 15.7. The Morgan fingerprint density at radius 2 is 1.88 bits per heavy atom. The molecule has 0 N–H and O–H groups in total. The summed E-state index contributed by atoms with van der Waals surface area (Å²) in [6, 6.07) is 11.3. The Hall–Kier alpha value is -3.29. The highest BCUT2D eigenvalue weighted by atomic mass is 16.5. The molecule has 1 aliphatic rings. The second-order valence-corrected chi connectivity index (χ2v) is 5.89. The van der Waals surface area contributed by atoms with E-state index in [1.165, 1.54) is 6.26 Å². The van der Waals surface area contributed by atoms with Crippen molar-refractivity contribution in [3.63, 3.8) is 0 Å². The van der Waals surface area contributed by atoms with E-state index in [9.17, 15) is 4.79 Å². The van der Waals surface area contributed by atoms with Gasteiger partial charge >= 0.3 is 6.01 Å². The Morgan fingerprint density at radius 1 is 1.12 bits per heavy atom. The summed E-state index contributed by atoms with van der Waals surface area (Å²) in [5.41, 5.74) is 0.854. The number of anilines is 1. The second-order valence-electron chi connectivity index (χ2n) is 5.89. The number of furan rings is 1. The molecule has 4 rings (SSSR count). The summed E-state index contributed by atoms with van der Waals surface area (Å²) in [5.74, 6) is 1.56. The van der Waals surface area contributed by atoms with E-state index in [1.807, 2.05) is 29.2 Å². The molecule has 8 nitrogen and oxygen atoms in total. The number of hydrogen-bond donors (Lipinski definition) is 0. The van der Waals surface area contributed by atoms with Gasteiger partial charge < -0.3 is 23.5 Å². The van der Waals surface area contributed by atoms with E-state index in [4.69, 9.17) is 13.7 Å². The highest BCUT2D eigenvalue weighted by Gasteiger charge is 2.26. The van der Waals surface area contributed by atoms with E-state index >= 15 is 0 Å². The van der Waals surface area contributed by atoms with Gasteiger partial charge in [-0.2, -0.15) is 4.98 Å². The lowest BCUT2D eigenvalue weighted by Crippen LogP contribution is -2.48. The highest BCUT2D eigenvalue weighted by Crippen LogP contribution is 2.23. The van der Waals surface area contributed by atoms with Crippen LogP contribution in [0.2, 0.25) is 0 Å². The van der Waals surface area contributed by atoms with Crippen molar-refractivity contribution in [2.45, 2.75) is 0 Å². The number of nitrogens with zero attached hydrogens (tertiary/aromatic N) is 4. The Bertz CT molecular complexity index is 865. The first-order valence-electron chi connectivity index (χ1n) is 8.30. The van der Waals surface area contributed by atoms with Crippen molar-refractivity contribution in [3.8, 4) is 17.1 Å². The summed E-state index contributed by atoms with van der Waals surface area (Å²) in [6.07, 6.45) is 1.50. The zero-order valence-corrected chi connectivity index (χ0v) is 14.3. The van der Waals surface area contributed by atoms with Crippen LogP contribution >= 0.6 is 0 Å². The van der Waals surface area contributed by atoms with Crippen LogP contribution in [0.3, 0.4) is 0 Å². The number of hydrogen-bond acceptors (Lipinski definition) is 7.